The summed E-state index contributed by atoms with van der Waals surface area (Å²) >= 11 is 4.90. The van der Waals surface area contributed by atoms with Crippen molar-refractivity contribution in [3.05, 3.63) is 29.3 Å². The molecule has 1 heterocycles. The summed E-state index contributed by atoms with van der Waals surface area (Å²) in [5.41, 5.74) is 6.85. The van der Waals surface area contributed by atoms with E-state index in [1.54, 1.807) is 30.1 Å². The quantitative estimate of drug-likeness (QED) is 0.762. The Labute approximate surface area is 130 Å². The van der Waals surface area contributed by atoms with Gasteiger partial charge in [-0.2, -0.15) is 0 Å². The Morgan fingerprint density at radius 1 is 1.29 bits per heavy atom. The van der Waals surface area contributed by atoms with Crippen molar-refractivity contribution < 1.29 is 8.42 Å². The number of nitrogens with one attached hydrogen (secondary N) is 1. The van der Waals surface area contributed by atoms with E-state index >= 15 is 0 Å². The SMILES string of the molecule is Cc1cc(C(N)=S)ccc1S(=O)(=O)NN1CCN(C)CC1. The molecule has 0 saturated carbocycles. The zero-order valence-electron chi connectivity index (χ0n) is 12.2. The van der Waals surface area contributed by atoms with E-state index < -0.39 is 10.0 Å². The van der Waals surface area contributed by atoms with Crippen LogP contribution in [0.3, 0.4) is 0 Å². The molecule has 1 aliphatic rings. The van der Waals surface area contributed by atoms with Crippen molar-refractivity contribution in [2.45, 2.75) is 11.8 Å². The van der Waals surface area contributed by atoms with E-state index in [0.29, 0.717) is 24.2 Å². The van der Waals surface area contributed by atoms with Gasteiger partial charge in [0.05, 0.1) is 4.90 Å². The molecule has 1 fully saturated rings. The largest absolute Gasteiger partial charge is 0.389 e. The van der Waals surface area contributed by atoms with E-state index in [1.165, 1.54) is 0 Å². The molecule has 1 aliphatic heterocycles. The number of likely N-dealkylation sites (N-methyl/N-ethyl adjacent to an activating group) is 1. The van der Waals surface area contributed by atoms with Gasteiger partial charge in [0.1, 0.15) is 4.99 Å². The van der Waals surface area contributed by atoms with Crippen molar-refractivity contribution in [3.63, 3.8) is 0 Å². The predicted molar refractivity (Wildman–Crippen MR) is 86.5 cm³/mol. The van der Waals surface area contributed by atoms with Crippen LogP contribution < -0.4 is 10.6 Å². The number of hydrogen-bond acceptors (Lipinski definition) is 5. The molecular formula is C13H20N4O2S2. The highest BCUT2D eigenvalue weighted by Gasteiger charge is 2.22. The van der Waals surface area contributed by atoms with Crippen LogP contribution in [0.4, 0.5) is 0 Å². The second kappa shape index (κ2) is 6.37. The molecule has 2 rings (SSSR count). The lowest BCUT2D eigenvalue weighted by molar-refractivity contribution is 0.135. The molecule has 0 radical (unpaired) electrons. The molecule has 3 N–H and O–H groups in total. The summed E-state index contributed by atoms with van der Waals surface area (Å²) in [5.74, 6) is 0. The smallest absolute Gasteiger partial charge is 0.253 e. The van der Waals surface area contributed by atoms with Crippen LogP contribution in [-0.4, -0.2) is 56.5 Å². The number of rotatable bonds is 4. The number of benzene rings is 1. The Morgan fingerprint density at radius 2 is 1.90 bits per heavy atom. The third kappa shape index (κ3) is 3.98. The van der Waals surface area contributed by atoms with Gasteiger partial charge in [-0.15, -0.1) is 4.83 Å². The van der Waals surface area contributed by atoms with Crippen molar-refractivity contribution in [2.24, 2.45) is 5.73 Å². The lowest BCUT2D eigenvalue weighted by atomic mass is 10.1. The Morgan fingerprint density at radius 3 is 2.43 bits per heavy atom. The van der Waals surface area contributed by atoms with E-state index in [9.17, 15) is 8.42 Å². The summed E-state index contributed by atoms with van der Waals surface area (Å²) in [6.07, 6.45) is 0. The van der Waals surface area contributed by atoms with Gasteiger partial charge in [-0.1, -0.05) is 18.3 Å². The van der Waals surface area contributed by atoms with Crippen LogP contribution >= 0.6 is 12.2 Å². The second-order valence-corrected chi connectivity index (χ2v) is 7.30. The van der Waals surface area contributed by atoms with Gasteiger partial charge in [0, 0.05) is 31.7 Å². The molecule has 0 aliphatic carbocycles. The van der Waals surface area contributed by atoms with Gasteiger partial charge in [-0.05, 0) is 31.7 Å². The molecule has 6 nitrogen and oxygen atoms in total. The number of nitrogens with two attached hydrogens (primary N) is 1. The molecule has 0 bridgehead atoms. The first-order valence-corrected chi connectivity index (χ1v) is 8.55. The molecule has 1 aromatic rings. The van der Waals surface area contributed by atoms with Gasteiger partial charge < -0.3 is 10.6 Å². The summed E-state index contributed by atoms with van der Waals surface area (Å²) in [7, 11) is -1.56. The minimum atomic E-state index is -3.58. The van der Waals surface area contributed by atoms with Gasteiger partial charge in [0.2, 0.25) is 0 Å². The summed E-state index contributed by atoms with van der Waals surface area (Å²) in [6, 6.07) is 4.87. The number of hydrazine groups is 1. The molecule has 116 valence electrons. The van der Waals surface area contributed by atoms with E-state index in [-0.39, 0.29) is 9.88 Å². The topological polar surface area (TPSA) is 78.7 Å². The maximum Gasteiger partial charge on any atom is 0.253 e. The highest BCUT2D eigenvalue weighted by Crippen LogP contribution is 2.17. The van der Waals surface area contributed by atoms with Crippen LogP contribution in [0.2, 0.25) is 0 Å². The zero-order valence-corrected chi connectivity index (χ0v) is 13.8. The summed E-state index contributed by atoms with van der Waals surface area (Å²) < 4.78 is 24.9. The highest BCUT2D eigenvalue weighted by molar-refractivity contribution is 7.89. The van der Waals surface area contributed by atoms with Gasteiger partial charge in [-0.25, -0.2) is 13.4 Å². The molecule has 21 heavy (non-hydrogen) atoms. The number of sulfonamides is 1. The fraction of sp³-hybridized carbons (Fsp3) is 0.462. The summed E-state index contributed by atoms with van der Waals surface area (Å²) in [4.78, 5) is 5.31. The van der Waals surface area contributed by atoms with Crippen molar-refractivity contribution >= 4 is 27.2 Å². The van der Waals surface area contributed by atoms with E-state index in [4.69, 9.17) is 18.0 Å². The third-order valence-electron chi connectivity index (χ3n) is 3.50. The van der Waals surface area contributed by atoms with Gasteiger partial charge >= 0.3 is 0 Å². The van der Waals surface area contributed by atoms with E-state index in [2.05, 4.69) is 9.73 Å². The minimum absolute atomic E-state index is 0.251. The van der Waals surface area contributed by atoms with Crippen molar-refractivity contribution in [2.75, 3.05) is 33.2 Å². The third-order valence-corrected chi connectivity index (χ3v) is 5.27. The van der Waals surface area contributed by atoms with E-state index in [0.717, 1.165) is 13.1 Å². The van der Waals surface area contributed by atoms with Crippen LogP contribution in [0.5, 0.6) is 0 Å². The highest BCUT2D eigenvalue weighted by atomic mass is 32.2. The molecule has 8 heteroatoms. The van der Waals surface area contributed by atoms with E-state index in [1.807, 2.05) is 7.05 Å². The Kier molecular flexibility index (Phi) is 4.95. The van der Waals surface area contributed by atoms with Gasteiger partial charge in [0.15, 0.2) is 0 Å². The molecule has 0 amide bonds. The first-order chi connectivity index (χ1) is 9.79. The average molecular weight is 328 g/mol. The lowest BCUT2D eigenvalue weighted by Crippen LogP contribution is -2.52. The Bertz CT molecular complexity index is 638. The molecule has 0 atom stereocenters. The van der Waals surface area contributed by atoms with Crippen molar-refractivity contribution in [1.82, 2.24) is 14.7 Å². The summed E-state index contributed by atoms with van der Waals surface area (Å²) in [6.45, 7) is 4.74. The first kappa shape index (κ1) is 16.3. The van der Waals surface area contributed by atoms with Gasteiger partial charge in [-0.3, -0.25) is 0 Å². The first-order valence-electron chi connectivity index (χ1n) is 6.66. The predicted octanol–water partition coefficient (Wildman–Crippen LogP) is 0.0699. The fourth-order valence-electron chi connectivity index (χ4n) is 2.22. The lowest BCUT2D eigenvalue weighted by Gasteiger charge is -2.32. The van der Waals surface area contributed by atoms with Crippen molar-refractivity contribution in [3.8, 4) is 0 Å². The second-order valence-electron chi connectivity index (χ2n) is 5.23. The molecule has 1 aromatic carbocycles. The minimum Gasteiger partial charge on any atom is -0.389 e. The number of thiocarbonyl (C=S) groups is 1. The Hall–Kier alpha value is -1.06. The number of piperazine rings is 1. The van der Waals surface area contributed by atoms with Gasteiger partial charge in [0.25, 0.3) is 10.0 Å². The maximum atomic E-state index is 12.5. The number of nitrogens with zero attached hydrogens (tertiary/aromatic N) is 2. The number of hydrogen-bond donors (Lipinski definition) is 2. The van der Waals surface area contributed by atoms with Crippen LogP contribution in [0, 0.1) is 6.92 Å². The average Bonchev–Trinajstić information content (AvgIpc) is 2.40. The van der Waals surface area contributed by atoms with Crippen molar-refractivity contribution in [1.29, 1.82) is 0 Å². The molecule has 0 spiro atoms. The number of aryl methyl sites for hydroxylation is 1. The molecular weight excluding hydrogens is 308 g/mol. The monoisotopic (exact) mass is 328 g/mol. The molecule has 0 unspecified atom stereocenters. The Balaban J connectivity index is 2.18. The van der Waals surface area contributed by atoms with Crippen LogP contribution in [0.25, 0.3) is 0 Å². The maximum absolute atomic E-state index is 12.5. The fourth-order valence-corrected chi connectivity index (χ4v) is 3.70. The van der Waals surface area contributed by atoms with Crippen LogP contribution in [-0.2, 0) is 10.0 Å². The van der Waals surface area contributed by atoms with Crippen LogP contribution in [0.1, 0.15) is 11.1 Å². The molecule has 0 aromatic heterocycles. The summed E-state index contributed by atoms with van der Waals surface area (Å²) in [5, 5.41) is 1.73. The normalized spacial score (nSPS) is 17.8. The zero-order chi connectivity index (χ0) is 15.6. The standard InChI is InChI=1S/C13H20N4O2S2/c1-10-9-11(13(14)20)3-4-12(10)21(18,19)15-17-7-5-16(2)6-8-17/h3-4,9,15H,5-8H2,1-2H3,(H2,14,20). The van der Waals surface area contributed by atoms with Crippen LogP contribution in [0.15, 0.2) is 23.1 Å². The molecule has 1 saturated heterocycles.